The second-order valence-corrected chi connectivity index (χ2v) is 10.9. The third-order valence-electron chi connectivity index (χ3n) is 9.03. The molecule has 0 amide bonds. The van der Waals surface area contributed by atoms with Crippen LogP contribution in [0.15, 0.2) is 41.6 Å². The quantitative estimate of drug-likeness (QED) is 0.609. The van der Waals surface area contributed by atoms with Crippen molar-refractivity contribution in [2.45, 2.75) is 67.9 Å². The first-order valence-corrected chi connectivity index (χ1v) is 12.6. The minimum atomic E-state index is -4.42. The highest BCUT2D eigenvalue weighted by Crippen LogP contribution is 2.65. The standard InChI is InChI=1S/C27H27F3N2O4/c28-27(29,30)17-4-6-18(7-5-17)36-31-19-9-10-26(34)21-13-16-3-8-20(33)23-22(16)25(26,24(19)35-23)11-12-32(21)14-15-1-2-15/h3-8,15,21,24,33-34H,1-2,9-14H2/t21-,24+,25+,26?/m1/s1. The van der Waals surface area contributed by atoms with Crippen LogP contribution < -0.4 is 9.57 Å². The van der Waals surface area contributed by atoms with Gasteiger partial charge in [-0.15, -0.1) is 0 Å². The zero-order valence-corrected chi connectivity index (χ0v) is 19.6. The van der Waals surface area contributed by atoms with E-state index in [0.29, 0.717) is 43.1 Å². The molecular weight excluding hydrogens is 473 g/mol. The molecule has 5 aliphatic rings. The number of piperidine rings is 1. The van der Waals surface area contributed by atoms with Gasteiger partial charge in [-0.1, -0.05) is 11.2 Å². The molecule has 2 aromatic rings. The number of phenols is 1. The summed E-state index contributed by atoms with van der Waals surface area (Å²) in [5, 5.41) is 27.4. The number of phenolic OH excluding ortho intramolecular Hbond substituents is 1. The van der Waals surface area contributed by atoms with Crippen LogP contribution in [-0.4, -0.2) is 51.7 Å². The van der Waals surface area contributed by atoms with E-state index in [2.05, 4.69) is 10.1 Å². The maximum absolute atomic E-state index is 12.9. The van der Waals surface area contributed by atoms with Gasteiger partial charge in [0.1, 0.15) is 0 Å². The zero-order chi connectivity index (χ0) is 24.9. The molecule has 6 nitrogen and oxygen atoms in total. The van der Waals surface area contributed by atoms with Crippen LogP contribution >= 0.6 is 0 Å². The van der Waals surface area contributed by atoms with E-state index in [4.69, 9.17) is 9.57 Å². The molecule has 190 valence electrons. The molecule has 0 radical (unpaired) electrons. The fourth-order valence-electron chi connectivity index (χ4n) is 7.19. The summed E-state index contributed by atoms with van der Waals surface area (Å²) in [5.41, 5.74) is 0.0273. The molecule has 36 heavy (non-hydrogen) atoms. The Morgan fingerprint density at radius 3 is 2.61 bits per heavy atom. The van der Waals surface area contributed by atoms with Gasteiger partial charge >= 0.3 is 6.18 Å². The lowest BCUT2D eigenvalue weighted by molar-refractivity contribution is -0.167. The van der Waals surface area contributed by atoms with Crippen molar-refractivity contribution in [1.29, 1.82) is 0 Å². The number of nitrogens with zero attached hydrogens (tertiary/aromatic N) is 2. The molecule has 2 bridgehead atoms. The summed E-state index contributed by atoms with van der Waals surface area (Å²) in [7, 11) is 0. The summed E-state index contributed by atoms with van der Waals surface area (Å²) < 4.78 is 45.1. The second-order valence-electron chi connectivity index (χ2n) is 10.9. The second kappa shape index (κ2) is 7.38. The summed E-state index contributed by atoms with van der Waals surface area (Å²) in [5.74, 6) is 1.34. The number of aromatic hydroxyl groups is 1. The molecule has 1 spiro atoms. The third-order valence-corrected chi connectivity index (χ3v) is 9.03. The smallest absolute Gasteiger partial charge is 0.416 e. The fraction of sp³-hybridized carbons (Fsp3) is 0.519. The number of benzene rings is 2. The summed E-state index contributed by atoms with van der Waals surface area (Å²) in [6.45, 7) is 1.82. The van der Waals surface area contributed by atoms with E-state index in [1.54, 1.807) is 6.07 Å². The van der Waals surface area contributed by atoms with Gasteiger partial charge in [0.25, 0.3) is 0 Å². The molecule has 1 saturated heterocycles. The van der Waals surface area contributed by atoms with Crippen LogP contribution in [-0.2, 0) is 18.0 Å². The summed E-state index contributed by atoms with van der Waals surface area (Å²) >= 11 is 0. The third kappa shape index (κ3) is 3.02. The largest absolute Gasteiger partial charge is 0.504 e. The van der Waals surface area contributed by atoms with Gasteiger partial charge in [0.2, 0.25) is 0 Å². The van der Waals surface area contributed by atoms with Gasteiger partial charge in [0.15, 0.2) is 23.4 Å². The van der Waals surface area contributed by atoms with Crippen molar-refractivity contribution in [3.05, 3.63) is 53.1 Å². The molecule has 9 heteroatoms. The molecular formula is C27H27F3N2O4. The van der Waals surface area contributed by atoms with Crippen molar-refractivity contribution in [3.8, 4) is 17.2 Å². The lowest BCUT2D eigenvalue weighted by Gasteiger charge is -2.63. The lowest BCUT2D eigenvalue weighted by atomic mass is 9.49. The van der Waals surface area contributed by atoms with Gasteiger partial charge in [-0.2, -0.15) is 13.2 Å². The average molecular weight is 501 g/mol. The minimum Gasteiger partial charge on any atom is -0.504 e. The number of oxime groups is 1. The maximum Gasteiger partial charge on any atom is 0.416 e. The van der Waals surface area contributed by atoms with Gasteiger partial charge in [-0.25, -0.2) is 0 Å². The maximum atomic E-state index is 12.9. The van der Waals surface area contributed by atoms with E-state index in [-0.39, 0.29) is 17.5 Å². The highest BCUT2D eigenvalue weighted by Gasteiger charge is 2.72. The van der Waals surface area contributed by atoms with Crippen LogP contribution in [0.4, 0.5) is 13.2 Å². The Balaban J connectivity index is 1.26. The molecule has 1 unspecified atom stereocenters. The number of rotatable bonds is 4. The molecule has 7 rings (SSSR count). The molecule has 2 N–H and O–H groups in total. The Bertz CT molecular complexity index is 1260. The number of hydrogen-bond donors (Lipinski definition) is 2. The fourth-order valence-corrected chi connectivity index (χ4v) is 7.19. The van der Waals surface area contributed by atoms with Crippen molar-refractivity contribution >= 4 is 5.71 Å². The molecule has 2 aromatic carbocycles. The highest BCUT2D eigenvalue weighted by molar-refractivity contribution is 5.94. The van der Waals surface area contributed by atoms with Crippen molar-refractivity contribution in [2.24, 2.45) is 11.1 Å². The molecule has 2 heterocycles. The van der Waals surface area contributed by atoms with Crippen LogP contribution in [0.25, 0.3) is 0 Å². The number of likely N-dealkylation sites (tertiary alicyclic amines) is 1. The molecule has 3 fully saturated rings. The van der Waals surface area contributed by atoms with E-state index in [1.165, 1.54) is 25.0 Å². The number of aliphatic hydroxyl groups is 1. The van der Waals surface area contributed by atoms with Crippen LogP contribution in [0.2, 0.25) is 0 Å². The van der Waals surface area contributed by atoms with Crippen molar-refractivity contribution < 1.29 is 33.0 Å². The normalized spacial score (nSPS) is 33.8. The van der Waals surface area contributed by atoms with E-state index >= 15 is 0 Å². The number of ether oxygens (including phenoxy) is 1. The Hall–Kier alpha value is -2.78. The van der Waals surface area contributed by atoms with E-state index < -0.39 is 28.9 Å². The zero-order valence-electron chi connectivity index (χ0n) is 19.6. The topological polar surface area (TPSA) is 74.5 Å². The van der Waals surface area contributed by atoms with Gasteiger partial charge < -0.3 is 19.8 Å². The van der Waals surface area contributed by atoms with Crippen LogP contribution in [0.5, 0.6) is 17.2 Å². The predicted octanol–water partition coefficient (Wildman–Crippen LogP) is 4.41. The first-order chi connectivity index (χ1) is 17.2. The summed E-state index contributed by atoms with van der Waals surface area (Å²) in [4.78, 5) is 8.02. The van der Waals surface area contributed by atoms with E-state index in [1.807, 2.05) is 6.07 Å². The van der Waals surface area contributed by atoms with Crippen molar-refractivity contribution in [3.63, 3.8) is 0 Å². The van der Waals surface area contributed by atoms with Crippen molar-refractivity contribution in [2.75, 3.05) is 13.1 Å². The van der Waals surface area contributed by atoms with Crippen LogP contribution in [0.1, 0.15) is 48.8 Å². The average Bonchev–Trinajstić information content (AvgIpc) is 3.58. The molecule has 2 saturated carbocycles. The van der Waals surface area contributed by atoms with Gasteiger partial charge in [0.05, 0.1) is 22.3 Å². The van der Waals surface area contributed by atoms with Gasteiger partial charge in [0, 0.05) is 18.2 Å². The highest BCUT2D eigenvalue weighted by atomic mass is 19.4. The van der Waals surface area contributed by atoms with Crippen molar-refractivity contribution in [1.82, 2.24) is 4.90 Å². The predicted molar refractivity (Wildman–Crippen MR) is 124 cm³/mol. The SMILES string of the molecule is Oc1ccc2c3c1O[C@H]1C(=NOc4ccc(C(F)(F)F)cc4)CCC4(O)[C@@H](C2)N(CC2CC2)CC[C@]314. The number of halogens is 3. The van der Waals surface area contributed by atoms with Crippen LogP contribution in [0.3, 0.4) is 0 Å². The van der Waals surface area contributed by atoms with E-state index in [0.717, 1.165) is 36.3 Å². The van der Waals surface area contributed by atoms with E-state index in [9.17, 15) is 23.4 Å². The number of alkyl halides is 3. The first-order valence-electron chi connectivity index (χ1n) is 12.6. The Kier molecular flexibility index (Phi) is 4.60. The summed E-state index contributed by atoms with van der Waals surface area (Å²) in [6, 6.07) is 7.96. The molecule has 2 aliphatic heterocycles. The van der Waals surface area contributed by atoms with Crippen LogP contribution in [0, 0.1) is 5.92 Å². The van der Waals surface area contributed by atoms with Gasteiger partial charge in [-0.3, -0.25) is 4.90 Å². The monoisotopic (exact) mass is 500 g/mol. The number of hydrogen-bond acceptors (Lipinski definition) is 6. The lowest BCUT2D eigenvalue weighted by Crippen LogP contribution is -2.76. The summed E-state index contributed by atoms with van der Waals surface area (Å²) in [6.07, 6.45) is -0.274. The van der Waals surface area contributed by atoms with Gasteiger partial charge in [-0.05, 0) is 86.9 Å². The molecule has 3 aliphatic carbocycles. The first kappa shape index (κ1) is 22.4. The molecule has 4 atom stereocenters. The molecule has 0 aromatic heterocycles. The Morgan fingerprint density at radius 1 is 1.11 bits per heavy atom. The minimum absolute atomic E-state index is 0.0432. The Morgan fingerprint density at radius 2 is 1.89 bits per heavy atom. The Labute approximate surface area is 206 Å².